The quantitative estimate of drug-likeness (QED) is 0.628. The lowest BCUT2D eigenvalue weighted by atomic mass is 10.0. The van der Waals surface area contributed by atoms with Crippen LogP contribution >= 0.6 is 0 Å². The van der Waals surface area contributed by atoms with E-state index in [2.05, 4.69) is 61.7 Å². The Morgan fingerprint density at radius 1 is 1.27 bits per heavy atom. The number of rotatable bonds is 1. The van der Waals surface area contributed by atoms with E-state index in [9.17, 15) is 0 Å². The molecule has 0 aliphatic carbocycles. The highest BCUT2D eigenvalue weighted by Crippen LogP contribution is 2.20. The van der Waals surface area contributed by atoms with E-state index in [-0.39, 0.29) is 0 Å². The Balaban J connectivity index is 2.29. The predicted molar refractivity (Wildman–Crippen MR) is 62.0 cm³/mol. The van der Waals surface area contributed by atoms with E-state index in [0.717, 1.165) is 0 Å². The largest absolute Gasteiger partial charge is 0.374 e. The van der Waals surface area contributed by atoms with Crippen molar-refractivity contribution in [1.29, 1.82) is 0 Å². The summed E-state index contributed by atoms with van der Waals surface area (Å²) in [6.07, 6.45) is 10.7. The molecular formula is C13H17N2+. The van der Waals surface area contributed by atoms with Crippen molar-refractivity contribution < 1.29 is 4.57 Å². The van der Waals surface area contributed by atoms with Crippen LogP contribution in [-0.4, -0.2) is 18.0 Å². The average molecular weight is 201 g/mol. The number of aryl methyl sites for hydroxylation is 1. The maximum atomic E-state index is 2.29. The average Bonchev–Trinajstić information content (AvgIpc) is 2.23. The molecule has 15 heavy (non-hydrogen) atoms. The van der Waals surface area contributed by atoms with Crippen LogP contribution in [0.1, 0.15) is 12.5 Å². The fourth-order valence-corrected chi connectivity index (χ4v) is 1.65. The summed E-state index contributed by atoms with van der Waals surface area (Å²) in [6.45, 7) is 2.20. The fourth-order valence-electron chi connectivity index (χ4n) is 1.65. The van der Waals surface area contributed by atoms with Crippen molar-refractivity contribution in [2.45, 2.75) is 13.0 Å². The lowest BCUT2D eigenvalue weighted by Gasteiger charge is -2.24. The van der Waals surface area contributed by atoms with Gasteiger partial charge in [0.05, 0.1) is 0 Å². The summed E-state index contributed by atoms with van der Waals surface area (Å²) in [5.41, 5.74) is 2.59. The van der Waals surface area contributed by atoms with Crippen LogP contribution in [0.2, 0.25) is 0 Å². The lowest BCUT2D eigenvalue weighted by molar-refractivity contribution is -0.671. The number of allylic oxidation sites excluding steroid dienone is 2. The van der Waals surface area contributed by atoms with E-state index in [1.165, 1.54) is 11.1 Å². The minimum Gasteiger partial charge on any atom is -0.374 e. The predicted octanol–water partition coefficient (Wildman–Crippen LogP) is 1.74. The van der Waals surface area contributed by atoms with Gasteiger partial charge >= 0.3 is 0 Å². The standard InChI is InChI=1S/C13H17N2/c1-11-10-13(6-9-15(11)3)12-4-7-14(2)8-5-12/h4-11H,1-3H3/q+1. The van der Waals surface area contributed by atoms with Crippen LogP contribution in [0.25, 0.3) is 5.57 Å². The molecule has 2 rings (SSSR count). The normalized spacial score (nSPS) is 20.3. The molecule has 1 atom stereocenters. The smallest absolute Gasteiger partial charge is 0.169 e. The Hall–Kier alpha value is -1.57. The zero-order valence-electron chi connectivity index (χ0n) is 9.51. The third-order valence-corrected chi connectivity index (χ3v) is 2.86. The third kappa shape index (κ3) is 2.09. The van der Waals surface area contributed by atoms with Crippen LogP contribution in [0.15, 0.2) is 42.9 Å². The van der Waals surface area contributed by atoms with Gasteiger partial charge in [-0.15, -0.1) is 0 Å². The first-order valence-corrected chi connectivity index (χ1v) is 5.24. The Kier molecular flexibility index (Phi) is 2.58. The molecule has 0 radical (unpaired) electrons. The van der Waals surface area contributed by atoms with Crippen LogP contribution in [0, 0.1) is 0 Å². The second-order valence-corrected chi connectivity index (χ2v) is 4.10. The van der Waals surface area contributed by atoms with Gasteiger partial charge in [0.25, 0.3) is 0 Å². The van der Waals surface area contributed by atoms with Crippen molar-refractivity contribution in [2.24, 2.45) is 7.05 Å². The van der Waals surface area contributed by atoms with Gasteiger partial charge in [-0.3, -0.25) is 0 Å². The van der Waals surface area contributed by atoms with Gasteiger partial charge in [-0.05, 0) is 30.3 Å². The van der Waals surface area contributed by atoms with Gasteiger partial charge in [0.15, 0.2) is 12.4 Å². The van der Waals surface area contributed by atoms with E-state index in [4.69, 9.17) is 0 Å². The Labute approximate surface area is 91.2 Å². The van der Waals surface area contributed by atoms with Crippen LogP contribution in [0.5, 0.6) is 0 Å². The van der Waals surface area contributed by atoms with E-state index >= 15 is 0 Å². The molecule has 0 fully saturated rings. The highest BCUT2D eigenvalue weighted by atomic mass is 15.1. The first-order valence-electron chi connectivity index (χ1n) is 5.24. The number of hydrogen-bond acceptors (Lipinski definition) is 1. The molecule has 78 valence electrons. The fraction of sp³-hybridized carbons (Fsp3) is 0.308. The van der Waals surface area contributed by atoms with Crippen molar-refractivity contribution in [1.82, 2.24) is 4.90 Å². The third-order valence-electron chi connectivity index (χ3n) is 2.86. The number of hydrogen-bond donors (Lipinski definition) is 0. The SMILES string of the molecule is CC1C=C(c2cc[n+](C)cc2)C=CN1C. The summed E-state index contributed by atoms with van der Waals surface area (Å²) >= 11 is 0. The van der Waals surface area contributed by atoms with Gasteiger partial charge in [0, 0.05) is 25.2 Å². The first-order chi connectivity index (χ1) is 7.16. The zero-order valence-corrected chi connectivity index (χ0v) is 9.51. The summed E-state index contributed by atoms with van der Waals surface area (Å²) in [5, 5.41) is 0. The van der Waals surface area contributed by atoms with Crippen molar-refractivity contribution in [3.63, 3.8) is 0 Å². The first kappa shape index (κ1) is 9.97. The molecule has 1 aliphatic rings. The molecule has 1 aliphatic heterocycles. The summed E-state index contributed by atoms with van der Waals surface area (Å²) in [7, 11) is 4.13. The number of pyridine rings is 1. The summed E-state index contributed by atoms with van der Waals surface area (Å²) in [5.74, 6) is 0. The lowest BCUT2D eigenvalue weighted by Crippen LogP contribution is -2.26. The van der Waals surface area contributed by atoms with E-state index in [0.29, 0.717) is 6.04 Å². The minimum atomic E-state index is 0.471. The minimum absolute atomic E-state index is 0.471. The number of likely N-dealkylation sites (N-methyl/N-ethyl adjacent to an activating group) is 1. The summed E-state index contributed by atoms with van der Waals surface area (Å²) in [6, 6.07) is 4.77. The molecule has 0 saturated heterocycles. The Morgan fingerprint density at radius 2 is 1.93 bits per heavy atom. The molecule has 2 heterocycles. The molecule has 0 saturated carbocycles. The Morgan fingerprint density at radius 3 is 2.53 bits per heavy atom. The number of aromatic nitrogens is 1. The second-order valence-electron chi connectivity index (χ2n) is 4.10. The Bertz CT molecular complexity index is 401. The van der Waals surface area contributed by atoms with Crippen molar-refractivity contribution >= 4 is 5.57 Å². The van der Waals surface area contributed by atoms with Gasteiger partial charge in [0.1, 0.15) is 7.05 Å². The second kappa shape index (κ2) is 3.89. The highest BCUT2D eigenvalue weighted by molar-refractivity contribution is 5.74. The van der Waals surface area contributed by atoms with Gasteiger partial charge in [-0.1, -0.05) is 6.08 Å². The topological polar surface area (TPSA) is 7.12 Å². The maximum Gasteiger partial charge on any atom is 0.169 e. The molecule has 0 aromatic carbocycles. The highest BCUT2D eigenvalue weighted by Gasteiger charge is 2.10. The van der Waals surface area contributed by atoms with Crippen LogP contribution < -0.4 is 4.57 Å². The molecule has 2 nitrogen and oxygen atoms in total. The van der Waals surface area contributed by atoms with Gasteiger partial charge in [0.2, 0.25) is 0 Å². The number of nitrogens with zero attached hydrogens (tertiary/aromatic N) is 2. The van der Waals surface area contributed by atoms with Gasteiger partial charge in [-0.2, -0.15) is 0 Å². The van der Waals surface area contributed by atoms with Crippen molar-refractivity contribution in [2.75, 3.05) is 7.05 Å². The molecule has 0 spiro atoms. The molecule has 1 aromatic rings. The van der Waals surface area contributed by atoms with Crippen LogP contribution in [0.4, 0.5) is 0 Å². The van der Waals surface area contributed by atoms with Crippen LogP contribution in [0.3, 0.4) is 0 Å². The monoisotopic (exact) mass is 201 g/mol. The van der Waals surface area contributed by atoms with E-state index in [1.807, 2.05) is 11.6 Å². The molecule has 0 amide bonds. The summed E-state index contributed by atoms with van der Waals surface area (Å²) < 4.78 is 2.05. The molecule has 0 N–H and O–H groups in total. The van der Waals surface area contributed by atoms with E-state index in [1.54, 1.807) is 0 Å². The van der Waals surface area contributed by atoms with E-state index < -0.39 is 0 Å². The summed E-state index contributed by atoms with van der Waals surface area (Å²) in [4.78, 5) is 2.20. The molecular weight excluding hydrogens is 184 g/mol. The molecule has 1 unspecified atom stereocenters. The van der Waals surface area contributed by atoms with Gasteiger partial charge < -0.3 is 4.90 Å². The van der Waals surface area contributed by atoms with Crippen molar-refractivity contribution in [3.05, 3.63) is 48.4 Å². The molecule has 2 heteroatoms. The zero-order chi connectivity index (χ0) is 10.8. The molecule has 1 aromatic heterocycles. The maximum absolute atomic E-state index is 2.29. The van der Waals surface area contributed by atoms with Crippen LogP contribution in [-0.2, 0) is 7.05 Å². The molecule has 0 bridgehead atoms. The van der Waals surface area contributed by atoms with Crippen molar-refractivity contribution in [3.8, 4) is 0 Å². The van der Waals surface area contributed by atoms with Gasteiger partial charge in [-0.25, -0.2) is 4.57 Å².